The summed E-state index contributed by atoms with van der Waals surface area (Å²) in [6, 6.07) is 0.123. The molecule has 108 valence electrons. The van der Waals surface area contributed by atoms with Crippen molar-refractivity contribution >= 4 is 10.0 Å². The Morgan fingerprint density at radius 1 is 1.47 bits per heavy atom. The third-order valence-electron chi connectivity index (χ3n) is 3.70. The largest absolute Gasteiger partial charge is 0.394 e. The summed E-state index contributed by atoms with van der Waals surface area (Å²) in [6.45, 7) is 4.22. The van der Waals surface area contributed by atoms with Gasteiger partial charge in [0.2, 0.25) is 10.0 Å². The zero-order valence-corrected chi connectivity index (χ0v) is 12.2. The predicted molar refractivity (Wildman–Crippen MR) is 71.1 cm³/mol. The van der Waals surface area contributed by atoms with Crippen LogP contribution in [0, 0.1) is 0 Å². The van der Waals surface area contributed by atoms with Gasteiger partial charge >= 0.3 is 0 Å². The molecule has 7 heteroatoms. The van der Waals surface area contributed by atoms with Gasteiger partial charge in [-0.1, -0.05) is 6.92 Å². The van der Waals surface area contributed by atoms with Crippen molar-refractivity contribution in [3.05, 3.63) is 12.4 Å². The normalized spacial score (nSPS) is 25.0. The van der Waals surface area contributed by atoms with E-state index in [4.69, 9.17) is 5.11 Å². The van der Waals surface area contributed by atoms with Crippen molar-refractivity contribution < 1.29 is 13.5 Å². The van der Waals surface area contributed by atoms with Gasteiger partial charge in [0.05, 0.1) is 19.3 Å². The number of nitrogens with zero attached hydrogens (tertiary/aromatic N) is 3. The average Bonchev–Trinajstić information content (AvgIpc) is 2.96. The van der Waals surface area contributed by atoms with Gasteiger partial charge in [0, 0.05) is 18.3 Å². The number of hydrogen-bond donors (Lipinski definition) is 1. The van der Waals surface area contributed by atoms with E-state index in [-0.39, 0.29) is 23.6 Å². The highest BCUT2D eigenvalue weighted by atomic mass is 32.2. The number of aliphatic hydroxyl groups excluding tert-OH is 1. The Morgan fingerprint density at radius 3 is 2.84 bits per heavy atom. The average molecular weight is 287 g/mol. The van der Waals surface area contributed by atoms with Crippen LogP contribution in [0.15, 0.2) is 17.3 Å². The van der Waals surface area contributed by atoms with Crippen molar-refractivity contribution in [3.63, 3.8) is 0 Å². The summed E-state index contributed by atoms with van der Waals surface area (Å²) in [5, 5.41) is 12.8. The molecule has 0 spiro atoms. The predicted octanol–water partition coefficient (Wildman–Crippen LogP) is 0.827. The molecule has 2 rings (SSSR count). The van der Waals surface area contributed by atoms with Crippen LogP contribution in [0.4, 0.5) is 0 Å². The maximum Gasteiger partial charge on any atom is 0.246 e. The van der Waals surface area contributed by atoms with Crippen LogP contribution in [0.3, 0.4) is 0 Å². The minimum Gasteiger partial charge on any atom is -0.394 e. The van der Waals surface area contributed by atoms with E-state index in [1.807, 2.05) is 13.8 Å². The SMILES string of the molecule is CCC1CCC(C)N1S(=O)(=O)c1cnn(CCO)c1. The van der Waals surface area contributed by atoms with E-state index in [0.717, 1.165) is 19.3 Å². The van der Waals surface area contributed by atoms with Crippen LogP contribution >= 0.6 is 0 Å². The number of aliphatic hydroxyl groups is 1. The molecule has 6 nitrogen and oxygen atoms in total. The summed E-state index contributed by atoms with van der Waals surface area (Å²) in [7, 11) is -3.48. The van der Waals surface area contributed by atoms with Crippen LogP contribution in [0.1, 0.15) is 33.1 Å². The Labute approximate surface area is 114 Å². The van der Waals surface area contributed by atoms with Crippen molar-refractivity contribution in [1.82, 2.24) is 14.1 Å². The van der Waals surface area contributed by atoms with Crippen molar-refractivity contribution in [2.75, 3.05) is 6.61 Å². The van der Waals surface area contributed by atoms with Crippen molar-refractivity contribution in [1.29, 1.82) is 0 Å². The van der Waals surface area contributed by atoms with E-state index in [2.05, 4.69) is 5.10 Å². The molecule has 1 N–H and O–H groups in total. The molecule has 1 saturated heterocycles. The lowest BCUT2D eigenvalue weighted by Crippen LogP contribution is -2.39. The van der Waals surface area contributed by atoms with Gasteiger partial charge < -0.3 is 5.11 Å². The second-order valence-corrected chi connectivity index (χ2v) is 6.83. The van der Waals surface area contributed by atoms with Gasteiger partial charge in [-0.05, 0) is 26.2 Å². The summed E-state index contributed by atoms with van der Waals surface area (Å²) in [5.74, 6) is 0. The van der Waals surface area contributed by atoms with Crippen molar-refractivity contribution in [2.45, 2.75) is 56.6 Å². The Bertz CT molecular complexity index is 526. The van der Waals surface area contributed by atoms with Crippen LogP contribution < -0.4 is 0 Å². The van der Waals surface area contributed by atoms with E-state index in [1.165, 1.54) is 17.1 Å². The molecule has 2 unspecified atom stereocenters. The summed E-state index contributed by atoms with van der Waals surface area (Å²) < 4.78 is 28.4. The smallest absolute Gasteiger partial charge is 0.246 e. The second-order valence-electron chi connectivity index (χ2n) is 4.99. The first kappa shape index (κ1) is 14.5. The molecule has 0 radical (unpaired) electrons. The van der Waals surface area contributed by atoms with E-state index in [1.54, 1.807) is 4.31 Å². The molecule has 2 atom stereocenters. The van der Waals surface area contributed by atoms with Crippen LogP contribution in [0.5, 0.6) is 0 Å². The molecular weight excluding hydrogens is 266 g/mol. The standard InChI is InChI=1S/C12H21N3O3S/c1-3-11-5-4-10(2)15(11)19(17,18)12-8-13-14(9-12)6-7-16/h8-11,16H,3-7H2,1-2H3. The fourth-order valence-corrected chi connectivity index (χ4v) is 4.59. The second kappa shape index (κ2) is 5.60. The van der Waals surface area contributed by atoms with E-state index >= 15 is 0 Å². The molecule has 19 heavy (non-hydrogen) atoms. The lowest BCUT2D eigenvalue weighted by Gasteiger charge is -2.26. The van der Waals surface area contributed by atoms with E-state index in [0.29, 0.717) is 6.54 Å². The third kappa shape index (κ3) is 2.68. The topological polar surface area (TPSA) is 75.4 Å². The molecule has 1 fully saturated rings. The maximum absolute atomic E-state index is 12.6. The molecule has 1 aromatic rings. The zero-order valence-electron chi connectivity index (χ0n) is 11.4. The van der Waals surface area contributed by atoms with Gasteiger partial charge in [0.15, 0.2) is 0 Å². The molecule has 0 aromatic carbocycles. The Morgan fingerprint density at radius 2 is 2.21 bits per heavy atom. The fourth-order valence-electron chi connectivity index (χ4n) is 2.69. The molecule has 1 aliphatic rings. The summed E-state index contributed by atoms with van der Waals surface area (Å²) in [6.07, 6.45) is 5.50. The van der Waals surface area contributed by atoms with Gasteiger partial charge in [0.1, 0.15) is 4.90 Å². The lowest BCUT2D eigenvalue weighted by molar-refractivity contribution is 0.269. The first-order valence-corrected chi connectivity index (χ1v) is 8.11. The van der Waals surface area contributed by atoms with Crippen molar-refractivity contribution in [2.24, 2.45) is 0 Å². The Kier molecular flexibility index (Phi) is 4.27. The van der Waals surface area contributed by atoms with Crippen LogP contribution in [0.2, 0.25) is 0 Å². The number of hydrogen-bond acceptors (Lipinski definition) is 4. The lowest BCUT2D eigenvalue weighted by atomic mass is 10.2. The third-order valence-corrected chi connectivity index (χ3v) is 5.72. The van der Waals surface area contributed by atoms with Crippen LogP contribution in [-0.4, -0.2) is 46.3 Å². The number of sulfonamides is 1. The van der Waals surface area contributed by atoms with Crippen molar-refractivity contribution in [3.8, 4) is 0 Å². The summed E-state index contributed by atoms with van der Waals surface area (Å²) in [4.78, 5) is 0.216. The minimum absolute atomic E-state index is 0.0381. The quantitative estimate of drug-likeness (QED) is 0.870. The number of rotatable bonds is 5. The van der Waals surface area contributed by atoms with E-state index in [9.17, 15) is 8.42 Å². The van der Waals surface area contributed by atoms with E-state index < -0.39 is 10.0 Å². The van der Waals surface area contributed by atoms with Crippen LogP contribution in [-0.2, 0) is 16.6 Å². The van der Waals surface area contributed by atoms with Crippen LogP contribution in [0.25, 0.3) is 0 Å². The molecule has 0 bridgehead atoms. The summed E-state index contributed by atoms with van der Waals surface area (Å²) in [5.41, 5.74) is 0. The molecule has 2 heterocycles. The van der Waals surface area contributed by atoms with Gasteiger partial charge in [-0.3, -0.25) is 4.68 Å². The molecule has 1 aromatic heterocycles. The molecule has 0 saturated carbocycles. The highest BCUT2D eigenvalue weighted by Gasteiger charge is 2.39. The van der Waals surface area contributed by atoms with Gasteiger partial charge in [-0.15, -0.1) is 0 Å². The molecule has 0 aliphatic carbocycles. The zero-order chi connectivity index (χ0) is 14.0. The number of aromatic nitrogens is 2. The minimum atomic E-state index is -3.48. The molecule has 1 aliphatic heterocycles. The van der Waals surface area contributed by atoms with Gasteiger partial charge in [-0.2, -0.15) is 9.40 Å². The van der Waals surface area contributed by atoms with Gasteiger partial charge in [-0.25, -0.2) is 8.42 Å². The Balaban J connectivity index is 2.30. The van der Waals surface area contributed by atoms with Gasteiger partial charge in [0.25, 0.3) is 0 Å². The Hall–Kier alpha value is -0.920. The summed E-state index contributed by atoms with van der Waals surface area (Å²) >= 11 is 0. The first-order valence-electron chi connectivity index (χ1n) is 6.67. The molecule has 0 amide bonds. The highest BCUT2D eigenvalue weighted by molar-refractivity contribution is 7.89. The highest BCUT2D eigenvalue weighted by Crippen LogP contribution is 2.32. The maximum atomic E-state index is 12.6. The first-order chi connectivity index (χ1) is 9.00. The molecular formula is C12H21N3O3S. The monoisotopic (exact) mass is 287 g/mol. The fraction of sp³-hybridized carbons (Fsp3) is 0.750.